The van der Waals surface area contributed by atoms with Gasteiger partial charge in [0.05, 0.1) is 33.5 Å². The van der Waals surface area contributed by atoms with E-state index in [1.165, 1.54) is 21.5 Å². The predicted molar refractivity (Wildman–Crippen MR) is 251 cm³/mol. The van der Waals surface area contributed by atoms with Gasteiger partial charge < -0.3 is 18.6 Å². The first-order chi connectivity index (χ1) is 29.8. The van der Waals surface area contributed by atoms with Crippen LogP contribution in [0.5, 0.6) is 0 Å². The maximum Gasteiger partial charge on any atom is 0.137 e. The van der Waals surface area contributed by atoms with Crippen molar-refractivity contribution in [2.45, 2.75) is 0 Å². The number of hydrogen-bond donors (Lipinski definition) is 0. The second-order valence-corrected chi connectivity index (χ2v) is 15.3. The minimum atomic E-state index is 0.858. The molecular formula is C56H36N2O2. The fourth-order valence-corrected chi connectivity index (χ4v) is 9.16. The van der Waals surface area contributed by atoms with Gasteiger partial charge in [0.15, 0.2) is 0 Å². The number of nitrogens with zero attached hydrogens (tertiary/aromatic N) is 2. The zero-order valence-electron chi connectivity index (χ0n) is 32.5. The molecule has 0 aliphatic carbocycles. The molecular weight excluding hydrogens is 733 g/mol. The first kappa shape index (κ1) is 34.0. The van der Waals surface area contributed by atoms with E-state index < -0.39 is 0 Å². The van der Waals surface area contributed by atoms with Gasteiger partial charge in [-0.15, -0.1) is 0 Å². The normalized spacial score (nSPS) is 11.7. The van der Waals surface area contributed by atoms with Crippen LogP contribution in [0.15, 0.2) is 227 Å². The van der Waals surface area contributed by atoms with Crippen LogP contribution in [-0.2, 0) is 0 Å². The van der Waals surface area contributed by atoms with Crippen LogP contribution in [0.25, 0.3) is 76.5 Å². The van der Waals surface area contributed by atoms with Gasteiger partial charge in [-0.2, -0.15) is 0 Å². The first-order valence-corrected chi connectivity index (χ1v) is 20.3. The number of benzene rings is 10. The molecule has 0 bridgehead atoms. The fourth-order valence-electron chi connectivity index (χ4n) is 9.16. The van der Waals surface area contributed by atoms with E-state index in [1.807, 2.05) is 24.3 Å². The van der Waals surface area contributed by atoms with Crippen molar-refractivity contribution in [2.24, 2.45) is 0 Å². The molecule has 0 fully saturated rings. The van der Waals surface area contributed by atoms with Crippen LogP contribution in [-0.4, -0.2) is 0 Å². The third kappa shape index (κ3) is 5.46. The summed E-state index contributed by atoms with van der Waals surface area (Å²) in [6.07, 6.45) is 0. The van der Waals surface area contributed by atoms with Gasteiger partial charge >= 0.3 is 0 Å². The molecule has 0 saturated heterocycles. The molecule has 0 N–H and O–H groups in total. The van der Waals surface area contributed by atoms with Crippen LogP contribution in [0.2, 0.25) is 0 Å². The van der Waals surface area contributed by atoms with Crippen molar-refractivity contribution in [1.29, 1.82) is 0 Å². The van der Waals surface area contributed by atoms with Crippen molar-refractivity contribution in [3.63, 3.8) is 0 Å². The highest BCUT2D eigenvalue weighted by Gasteiger charge is 2.23. The molecule has 4 heteroatoms. The van der Waals surface area contributed by atoms with Crippen molar-refractivity contribution in [3.8, 4) is 11.1 Å². The van der Waals surface area contributed by atoms with E-state index in [0.717, 1.165) is 89.1 Å². The van der Waals surface area contributed by atoms with Crippen molar-refractivity contribution in [1.82, 2.24) is 0 Å². The third-order valence-electron chi connectivity index (χ3n) is 11.8. The number of para-hydroxylation sites is 2. The quantitative estimate of drug-likeness (QED) is 0.162. The van der Waals surface area contributed by atoms with Crippen LogP contribution in [0.3, 0.4) is 0 Å². The molecule has 0 spiro atoms. The summed E-state index contributed by atoms with van der Waals surface area (Å²) in [5.74, 6) is 0. The Balaban J connectivity index is 1.07. The monoisotopic (exact) mass is 768 g/mol. The van der Waals surface area contributed by atoms with Crippen molar-refractivity contribution in [2.75, 3.05) is 9.80 Å². The summed E-state index contributed by atoms with van der Waals surface area (Å²) >= 11 is 0. The summed E-state index contributed by atoms with van der Waals surface area (Å²) < 4.78 is 12.9. The Labute approximate surface area is 346 Å². The molecule has 2 aromatic heterocycles. The fraction of sp³-hybridized carbons (Fsp3) is 0. The Morgan fingerprint density at radius 1 is 0.267 bits per heavy atom. The van der Waals surface area contributed by atoms with E-state index in [4.69, 9.17) is 8.83 Å². The molecule has 60 heavy (non-hydrogen) atoms. The van der Waals surface area contributed by atoms with Gasteiger partial charge in [0.1, 0.15) is 22.3 Å². The van der Waals surface area contributed by atoms with Crippen LogP contribution in [0.4, 0.5) is 34.1 Å². The largest absolute Gasteiger partial charge is 0.456 e. The zero-order chi connectivity index (χ0) is 39.6. The second kappa shape index (κ2) is 13.8. The summed E-state index contributed by atoms with van der Waals surface area (Å²) in [6, 6.07) is 77.5. The third-order valence-corrected chi connectivity index (χ3v) is 11.8. The second-order valence-electron chi connectivity index (χ2n) is 15.3. The molecule has 0 aliphatic heterocycles. The van der Waals surface area contributed by atoms with Gasteiger partial charge in [0.25, 0.3) is 0 Å². The van der Waals surface area contributed by atoms with E-state index in [9.17, 15) is 0 Å². The molecule has 12 aromatic rings. The summed E-state index contributed by atoms with van der Waals surface area (Å²) in [7, 11) is 0. The molecule has 2 heterocycles. The van der Waals surface area contributed by atoms with Crippen molar-refractivity contribution >= 4 is 99.5 Å². The molecule has 0 radical (unpaired) electrons. The van der Waals surface area contributed by atoms with Crippen LogP contribution in [0.1, 0.15) is 0 Å². The number of furan rings is 2. The smallest absolute Gasteiger partial charge is 0.137 e. The number of hydrogen-bond acceptors (Lipinski definition) is 4. The molecule has 12 rings (SSSR count). The van der Waals surface area contributed by atoms with Gasteiger partial charge in [0, 0.05) is 32.9 Å². The molecule has 10 aromatic carbocycles. The molecule has 0 amide bonds. The van der Waals surface area contributed by atoms with Gasteiger partial charge in [-0.1, -0.05) is 146 Å². The Morgan fingerprint density at radius 3 is 1.10 bits per heavy atom. The minimum Gasteiger partial charge on any atom is -0.456 e. The van der Waals surface area contributed by atoms with Gasteiger partial charge in [-0.25, -0.2) is 0 Å². The predicted octanol–water partition coefficient (Wildman–Crippen LogP) is 16.4. The van der Waals surface area contributed by atoms with E-state index in [-0.39, 0.29) is 0 Å². The highest BCUT2D eigenvalue weighted by molar-refractivity contribution is 6.16. The van der Waals surface area contributed by atoms with Crippen LogP contribution < -0.4 is 9.80 Å². The number of rotatable bonds is 7. The van der Waals surface area contributed by atoms with Crippen molar-refractivity contribution in [3.05, 3.63) is 218 Å². The van der Waals surface area contributed by atoms with Gasteiger partial charge in [0.2, 0.25) is 0 Å². The van der Waals surface area contributed by atoms with E-state index >= 15 is 0 Å². The average molecular weight is 769 g/mol. The van der Waals surface area contributed by atoms with Gasteiger partial charge in [-0.3, -0.25) is 0 Å². The summed E-state index contributed by atoms with van der Waals surface area (Å²) in [5, 5.41) is 9.05. The summed E-state index contributed by atoms with van der Waals surface area (Å²) in [4.78, 5) is 4.79. The van der Waals surface area contributed by atoms with E-state index in [0.29, 0.717) is 0 Å². The lowest BCUT2D eigenvalue weighted by atomic mass is 10.0. The maximum absolute atomic E-state index is 6.44. The molecule has 282 valence electrons. The Morgan fingerprint density at radius 2 is 0.617 bits per heavy atom. The molecule has 0 aliphatic rings. The Bertz CT molecular complexity index is 3350. The van der Waals surface area contributed by atoms with Crippen LogP contribution in [0, 0.1) is 0 Å². The maximum atomic E-state index is 6.44. The number of fused-ring (bicyclic) bond motifs is 8. The molecule has 0 atom stereocenters. The highest BCUT2D eigenvalue weighted by atomic mass is 16.3. The lowest BCUT2D eigenvalue weighted by molar-refractivity contribution is 0.668. The zero-order valence-corrected chi connectivity index (χ0v) is 32.5. The lowest BCUT2D eigenvalue weighted by Crippen LogP contribution is -2.11. The Hall–Kier alpha value is -8.08. The van der Waals surface area contributed by atoms with Crippen LogP contribution >= 0.6 is 0 Å². The molecule has 4 nitrogen and oxygen atoms in total. The Kier molecular flexibility index (Phi) is 7.82. The first-order valence-electron chi connectivity index (χ1n) is 20.3. The molecule has 0 unspecified atom stereocenters. The van der Waals surface area contributed by atoms with E-state index in [1.54, 1.807) is 0 Å². The van der Waals surface area contributed by atoms with Crippen molar-refractivity contribution < 1.29 is 8.83 Å². The van der Waals surface area contributed by atoms with E-state index in [2.05, 4.69) is 204 Å². The summed E-state index contributed by atoms with van der Waals surface area (Å²) in [6.45, 7) is 0. The SMILES string of the molecule is c1cc(-c2cccc(N(c3cccc4ccccc34)c3cccc4oc5ccccc5c34)c2)cc(N(c2cccc3ccccc23)c2cccc3oc4ccccc4c23)c1. The summed E-state index contributed by atoms with van der Waals surface area (Å²) in [5.41, 5.74) is 12.1. The lowest BCUT2D eigenvalue weighted by Gasteiger charge is -2.29. The number of anilines is 6. The molecule has 0 saturated carbocycles. The van der Waals surface area contributed by atoms with Gasteiger partial charge in [-0.05, 0) is 94.7 Å². The standard InChI is InChI=1S/C56H36N2O2/c1-3-23-43-37(15-1)17-11-27-47(43)57(49-29-13-33-53-55(49)45-25-5-7-31-51(45)59-53)41-21-9-19-39(35-41)40-20-10-22-42(36-40)58(48-28-12-18-38-16-2-4-24-44(38)48)50-30-14-34-54-56(50)46-26-6-8-32-52(46)60-54/h1-36H. The average Bonchev–Trinajstić information content (AvgIpc) is 3.89. The topological polar surface area (TPSA) is 32.8 Å². The minimum absolute atomic E-state index is 0.858. The highest BCUT2D eigenvalue weighted by Crippen LogP contribution is 2.48.